The van der Waals surface area contributed by atoms with Crippen molar-refractivity contribution < 1.29 is 37.0 Å². The van der Waals surface area contributed by atoms with Crippen molar-refractivity contribution in [3.05, 3.63) is 52.4 Å². The summed E-state index contributed by atoms with van der Waals surface area (Å²) in [4.78, 5) is 39.0. The Kier molecular flexibility index (Phi) is 8.84. The third kappa shape index (κ3) is 6.06. The number of nitrogens with zero attached hydrogens (tertiary/aromatic N) is 2. The van der Waals surface area contributed by atoms with Gasteiger partial charge in [-0.25, -0.2) is 12.7 Å². The van der Waals surface area contributed by atoms with E-state index in [0.29, 0.717) is 22.8 Å². The van der Waals surface area contributed by atoms with Crippen LogP contribution < -0.4 is 19.5 Å². The van der Waals surface area contributed by atoms with Crippen molar-refractivity contribution in [3.63, 3.8) is 0 Å². The van der Waals surface area contributed by atoms with E-state index < -0.39 is 27.1 Å². The second-order valence-corrected chi connectivity index (χ2v) is 11.0. The molecule has 198 valence electrons. The molecule has 0 saturated carbocycles. The molecule has 11 nitrogen and oxygen atoms in total. The highest BCUT2D eigenvalue weighted by molar-refractivity contribution is 8.18. The molecule has 0 spiro atoms. The molecular weight excluding hydrogens is 522 g/mol. The van der Waals surface area contributed by atoms with E-state index in [0.717, 1.165) is 21.0 Å². The normalized spacial score (nSPS) is 14.9. The molecule has 3 amide bonds. The standard InChI is InChI=1S/C24H27N3O8S2/c1-26(2)37(31,32)17-8-6-16(7-9-17)22(28)25-10-11-27-23(29)20(36-24(27)30)14-15-12-18(33-3)21(35-5)19(13-15)34-4/h6-9,12-14H,10-11H2,1-5H3,(H,25,28)/b20-14+. The number of benzene rings is 2. The number of carbonyl (C=O) groups is 3. The SMILES string of the molecule is COc1cc(/C=C2/SC(=O)N(CCNC(=O)c3ccc(S(=O)(=O)N(C)C)cc3)C2=O)cc(OC)c1OC. The van der Waals surface area contributed by atoms with Crippen molar-refractivity contribution in [2.24, 2.45) is 0 Å². The lowest BCUT2D eigenvalue weighted by molar-refractivity contribution is -0.122. The zero-order valence-electron chi connectivity index (χ0n) is 20.9. The number of carbonyl (C=O) groups excluding carboxylic acids is 3. The first kappa shape index (κ1) is 28.0. The van der Waals surface area contributed by atoms with Crippen LogP contribution in [0.4, 0.5) is 4.79 Å². The summed E-state index contributed by atoms with van der Waals surface area (Å²) in [6.45, 7) is -0.0117. The lowest BCUT2D eigenvalue weighted by Crippen LogP contribution is -2.37. The smallest absolute Gasteiger partial charge is 0.293 e. The van der Waals surface area contributed by atoms with Gasteiger partial charge in [0.25, 0.3) is 17.1 Å². The highest BCUT2D eigenvalue weighted by Gasteiger charge is 2.35. The summed E-state index contributed by atoms with van der Waals surface area (Å²) < 4.78 is 41.3. The van der Waals surface area contributed by atoms with Crippen molar-refractivity contribution in [2.75, 3.05) is 48.5 Å². The molecule has 1 aliphatic heterocycles. The molecule has 1 heterocycles. The third-order valence-corrected chi connectivity index (χ3v) is 8.11. The van der Waals surface area contributed by atoms with E-state index in [4.69, 9.17) is 14.2 Å². The van der Waals surface area contributed by atoms with Crippen LogP contribution in [0, 0.1) is 0 Å². The number of imide groups is 1. The fraction of sp³-hybridized carbons (Fsp3) is 0.292. The van der Waals surface area contributed by atoms with Gasteiger partial charge in [0.1, 0.15) is 0 Å². The lowest BCUT2D eigenvalue weighted by Gasteiger charge is -2.14. The van der Waals surface area contributed by atoms with Crippen molar-refractivity contribution in [3.8, 4) is 17.2 Å². The van der Waals surface area contributed by atoms with Crippen LogP contribution in [0.3, 0.4) is 0 Å². The molecule has 0 radical (unpaired) electrons. The largest absolute Gasteiger partial charge is 0.493 e. The van der Waals surface area contributed by atoms with Crippen LogP contribution in [0.1, 0.15) is 15.9 Å². The molecule has 1 fully saturated rings. The van der Waals surface area contributed by atoms with E-state index in [9.17, 15) is 22.8 Å². The molecule has 0 bridgehead atoms. The topological polar surface area (TPSA) is 132 Å². The molecule has 3 rings (SSSR count). The number of ether oxygens (including phenoxy) is 3. The number of rotatable bonds is 10. The molecule has 0 unspecified atom stereocenters. The van der Waals surface area contributed by atoms with E-state index >= 15 is 0 Å². The molecule has 37 heavy (non-hydrogen) atoms. The van der Waals surface area contributed by atoms with Crippen LogP contribution in [0.25, 0.3) is 6.08 Å². The maximum absolute atomic E-state index is 12.8. The average molecular weight is 550 g/mol. The van der Waals surface area contributed by atoms with Gasteiger partial charge in [-0.3, -0.25) is 19.3 Å². The Hall–Kier alpha value is -3.55. The van der Waals surface area contributed by atoms with Crippen molar-refractivity contribution >= 4 is 44.9 Å². The minimum Gasteiger partial charge on any atom is -0.493 e. The molecule has 2 aromatic carbocycles. The van der Waals surface area contributed by atoms with Gasteiger partial charge >= 0.3 is 0 Å². The molecule has 0 aromatic heterocycles. The third-order valence-electron chi connectivity index (χ3n) is 5.37. The number of hydrogen-bond donors (Lipinski definition) is 1. The fourth-order valence-corrected chi connectivity index (χ4v) is 5.17. The Bertz CT molecular complexity index is 1310. The van der Waals surface area contributed by atoms with Crippen LogP contribution in [0.15, 0.2) is 46.2 Å². The van der Waals surface area contributed by atoms with Gasteiger partial charge in [-0.2, -0.15) is 0 Å². The van der Waals surface area contributed by atoms with E-state index in [1.807, 2.05) is 0 Å². The van der Waals surface area contributed by atoms with E-state index in [1.54, 1.807) is 18.2 Å². The predicted octanol–water partition coefficient (Wildman–Crippen LogP) is 2.43. The fourth-order valence-electron chi connectivity index (χ4n) is 3.40. The monoisotopic (exact) mass is 549 g/mol. The second kappa shape index (κ2) is 11.7. The van der Waals surface area contributed by atoms with E-state index in [2.05, 4.69) is 5.32 Å². The van der Waals surface area contributed by atoms with Gasteiger partial charge in [0.05, 0.1) is 31.1 Å². The Morgan fingerprint density at radius 1 is 1.03 bits per heavy atom. The molecule has 0 aliphatic carbocycles. The molecule has 1 aliphatic rings. The highest BCUT2D eigenvalue weighted by Crippen LogP contribution is 2.40. The molecule has 2 aromatic rings. The van der Waals surface area contributed by atoms with Crippen LogP contribution >= 0.6 is 11.8 Å². The quantitative estimate of drug-likeness (QED) is 0.444. The summed E-state index contributed by atoms with van der Waals surface area (Å²) in [5.74, 6) is 0.259. The van der Waals surface area contributed by atoms with Crippen molar-refractivity contribution in [1.29, 1.82) is 0 Å². The van der Waals surface area contributed by atoms with Crippen molar-refractivity contribution in [1.82, 2.24) is 14.5 Å². The summed E-state index contributed by atoms with van der Waals surface area (Å²) in [6.07, 6.45) is 1.55. The molecule has 1 N–H and O–H groups in total. The van der Waals surface area contributed by atoms with Gasteiger partial charge in [0.15, 0.2) is 11.5 Å². The summed E-state index contributed by atoms with van der Waals surface area (Å²) in [5.41, 5.74) is 0.821. The van der Waals surface area contributed by atoms with Gasteiger partial charge in [-0.15, -0.1) is 0 Å². The Labute approximate surface area is 219 Å². The van der Waals surface area contributed by atoms with Gasteiger partial charge in [0, 0.05) is 32.7 Å². The number of methoxy groups -OCH3 is 3. The molecule has 0 atom stereocenters. The van der Waals surface area contributed by atoms with Gasteiger partial charge in [-0.05, 0) is 59.8 Å². The minimum atomic E-state index is -3.61. The second-order valence-electron chi connectivity index (χ2n) is 7.86. The number of thioether (sulfide) groups is 1. The van der Waals surface area contributed by atoms with Gasteiger partial charge in [-0.1, -0.05) is 0 Å². The Morgan fingerprint density at radius 2 is 1.62 bits per heavy atom. The van der Waals surface area contributed by atoms with Crippen LogP contribution in [0.2, 0.25) is 0 Å². The van der Waals surface area contributed by atoms with E-state index in [1.165, 1.54) is 59.7 Å². The number of sulfonamides is 1. The number of amides is 3. The summed E-state index contributed by atoms with van der Waals surface area (Å²) >= 11 is 0.787. The van der Waals surface area contributed by atoms with Gasteiger partial charge in [0.2, 0.25) is 15.8 Å². The van der Waals surface area contributed by atoms with Crippen molar-refractivity contribution in [2.45, 2.75) is 4.90 Å². The van der Waals surface area contributed by atoms with Gasteiger partial charge < -0.3 is 19.5 Å². The molecule has 13 heteroatoms. The first-order valence-corrected chi connectivity index (χ1v) is 13.1. The first-order chi connectivity index (χ1) is 17.5. The van der Waals surface area contributed by atoms with Crippen LogP contribution in [-0.4, -0.2) is 83.2 Å². The van der Waals surface area contributed by atoms with Crippen LogP contribution in [0.5, 0.6) is 17.2 Å². The maximum Gasteiger partial charge on any atom is 0.293 e. The highest BCUT2D eigenvalue weighted by atomic mass is 32.2. The maximum atomic E-state index is 12.8. The summed E-state index contributed by atoms with van der Waals surface area (Å²) in [7, 11) is 3.66. The Balaban J connectivity index is 1.65. The predicted molar refractivity (Wildman–Crippen MR) is 138 cm³/mol. The Morgan fingerprint density at radius 3 is 2.14 bits per heavy atom. The molecule has 1 saturated heterocycles. The van der Waals surface area contributed by atoms with E-state index in [-0.39, 0.29) is 28.5 Å². The zero-order chi connectivity index (χ0) is 27.3. The lowest BCUT2D eigenvalue weighted by atomic mass is 10.1. The number of hydrogen-bond acceptors (Lipinski definition) is 9. The molecular formula is C24H27N3O8S2. The summed E-state index contributed by atoms with van der Waals surface area (Å²) in [6, 6.07) is 8.79. The van der Waals surface area contributed by atoms with Crippen LogP contribution in [-0.2, 0) is 14.8 Å². The minimum absolute atomic E-state index is 0.0199. The summed E-state index contributed by atoms with van der Waals surface area (Å²) in [5, 5.41) is 2.17. The zero-order valence-corrected chi connectivity index (χ0v) is 22.6. The number of nitrogens with one attached hydrogen (secondary N) is 1. The average Bonchev–Trinajstić information content (AvgIpc) is 3.15. The first-order valence-electron chi connectivity index (χ1n) is 10.9.